The second kappa shape index (κ2) is 9.01. The average molecular weight is 500 g/mol. The summed E-state index contributed by atoms with van der Waals surface area (Å²) in [6.45, 7) is 5.38. The first-order chi connectivity index (χ1) is 16.3. The van der Waals surface area contributed by atoms with Crippen LogP contribution in [-0.2, 0) is 10.0 Å². The highest BCUT2D eigenvalue weighted by atomic mass is 32.2. The molecule has 5 rings (SSSR count). The maximum absolute atomic E-state index is 13.1. The van der Waals surface area contributed by atoms with Crippen LogP contribution in [0.25, 0.3) is 11.3 Å². The largest absolute Gasteiger partial charge is 0.454 e. The summed E-state index contributed by atoms with van der Waals surface area (Å²) in [5.41, 5.74) is 1.93. The fraction of sp³-hybridized carbons (Fsp3) is 0.333. The average Bonchev–Trinajstić information content (AvgIpc) is 3.47. The van der Waals surface area contributed by atoms with E-state index in [1.165, 1.54) is 35.6 Å². The summed E-state index contributed by atoms with van der Waals surface area (Å²) in [5, 5.41) is 5.09. The van der Waals surface area contributed by atoms with Gasteiger partial charge in [-0.05, 0) is 60.7 Å². The van der Waals surface area contributed by atoms with E-state index in [9.17, 15) is 13.2 Å². The van der Waals surface area contributed by atoms with Crippen LogP contribution >= 0.6 is 11.3 Å². The number of carbonyl (C=O) groups is 1. The van der Waals surface area contributed by atoms with Crippen LogP contribution < -0.4 is 14.8 Å². The van der Waals surface area contributed by atoms with E-state index >= 15 is 0 Å². The molecule has 3 aromatic rings. The summed E-state index contributed by atoms with van der Waals surface area (Å²) in [6, 6.07) is 11.6. The highest BCUT2D eigenvalue weighted by Crippen LogP contribution is 2.36. The van der Waals surface area contributed by atoms with Gasteiger partial charge in [0.25, 0.3) is 5.91 Å². The molecule has 34 heavy (non-hydrogen) atoms. The van der Waals surface area contributed by atoms with Crippen molar-refractivity contribution in [2.45, 2.75) is 25.2 Å². The lowest BCUT2D eigenvalue weighted by atomic mass is 9.94. The fourth-order valence-electron chi connectivity index (χ4n) is 4.42. The molecule has 1 fully saturated rings. The van der Waals surface area contributed by atoms with Gasteiger partial charge in [0, 0.05) is 29.6 Å². The topological polar surface area (TPSA) is 97.8 Å². The number of rotatable bonds is 5. The number of carbonyl (C=O) groups excluding carboxylic acids is 1. The van der Waals surface area contributed by atoms with E-state index in [1.54, 1.807) is 4.31 Å². The second-order valence-electron chi connectivity index (χ2n) is 8.85. The zero-order chi connectivity index (χ0) is 23.9. The minimum Gasteiger partial charge on any atom is -0.454 e. The van der Waals surface area contributed by atoms with Crippen LogP contribution in [-0.4, -0.2) is 43.5 Å². The van der Waals surface area contributed by atoms with Gasteiger partial charge in [0.05, 0.1) is 10.6 Å². The van der Waals surface area contributed by atoms with Crippen molar-refractivity contribution in [2.24, 2.45) is 11.8 Å². The number of benzene rings is 2. The minimum absolute atomic E-state index is 0.199. The molecule has 1 N–H and O–H groups in total. The van der Waals surface area contributed by atoms with E-state index in [0.717, 1.165) is 12.0 Å². The molecule has 0 spiro atoms. The lowest BCUT2D eigenvalue weighted by molar-refractivity contribution is 0.102. The van der Waals surface area contributed by atoms with E-state index in [-0.39, 0.29) is 17.6 Å². The van der Waals surface area contributed by atoms with Crippen molar-refractivity contribution in [2.75, 3.05) is 25.2 Å². The number of fused-ring (bicyclic) bond motifs is 1. The van der Waals surface area contributed by atoms with Gasteiger partial charge in [-0.3, -0.25) is 10.1 Å². The number of hydrogen-bond acceptors (Lipinski definition) is 7. The Bertz CT molecular complexity index is 1310. The second-order valence-corrected chi connectivity index (χ2v) is 11.6. The molecule has 1 amide bonds. The van der Waals surface area contributed by atoms with Gasteiger partial charge in [-0.25, -0.2) is 13.4 Å². The van der Waals surface area contributed by atoms with E-state index < -0.39 is 10.0 Å². The summed E-state index contributed by atoms with van der Waals surface area (Å²) >= 11 is 1.31. The molecule has 3 heterocycles. The molecule has 2 aliphatic heterocycles. The van der Waals surface area contributed by atoms with Gasteiger partial charge in [-0.15, -0.1) is 11.3 Å². The van der Waals surface area contributed by atoms with Gasteiger partial charge in [0.15, 0.2) is 16.6 Å². The molecule has 1 saturated heterocycles. The van der Waals surface area contributed by atoms with Crippen molar-refractivity contribution in [3.05, 3.63) is 53.4 Å². The van der Waals surface area contributed by atoms with Crippen molar-refractivity contribution in [3.63, 3.8) is 0 Å². The van der Waals surface area contributed by atoms with Crippen molar-refractivity contribution in [1.82, 2.24) is 9.29 Å². The maximum Gasteiger partial charge on any atom is 0.257 e. The number of nitrogens with zero attached hydrogens (tertiary/aromatic N) is 2. The standard InChI is InChI=1S/C24H25N3O5S2/c1-15-9-16(2)12-27(11-15)34(29,30)19-6-3-17(4-7-19)23(28)26-24-25-20(13-33-24)18-5-8-21-22(10-18)32-14-31-21/h3-8,10,13,15-16H,9,11-12,14H2,1-2H3,(H,25,26,28). The molecule has 2 atom stereocenters. The Morgan fingerprint density at radius 2 is 1.76 bits per heavy atom. The molecule has 1 aromatic heterocycles. The van der Waals surface area contributed by atoms with Gasteiger partial charge >= 0.3 is 0 Å². The third kappa shape index (κ3) is 4.53. The quantitative estimate of drug-likeness (QED) is 0.557. The Kier molecular flexibility index (Phi) is 6.05. The summed E-state index contributed by atoms with van der Waals surface area (Å²) in [6.07, 6.45) is 1.03. The summed E-state index contributed by atoms with van der Waals surface area (Å²) in [4.78, 5) is 17.4. The fourth-order valence-corrected chi connectivity index (χ4v) is 6.81. The predicted molar refractivity (Wildman–Crippen MR) is 130 cm³/mol. The zero-order valence-corrected chi connectivity index (χ0v) is 20.5. The van der Waals surface area contributed by atoms with Crippen LogP contribution in [0.3, 0.4) is 0 Å². The first kappa shape index (κ1) is 22.8. The number of nitrogens with one attached hydrogen (secondary N) is 1. The molecule has 2 unspecified atom stereocenters. The van der Waals surface area contributed by atoms with Gasteiger partial charge in [0.1, 0.15) is 0 Å². The van der Waals surface area contributed by atoms with E-state index in [1.807, 2.05) is 23.6 Å². The molecule has 178 valence electrons. The normalized spacial score (nSPS) is 20.3. The number of hydrogen-bond donors (Lipinski definition) is 1. The highest BCUT2D eigenvalue weighted by molar-refractivity contribution is 7.89. The molecule has 10 heteroatoms. The molecule has 2 aromatic carbocycles. The van der Waals surface area contributed by atoms with Gasteiger partial charge in [-0.2, -0.15) is 4.31 Å². The van der Waals surface area contributed by atoms with Crippen LogP contribution in [0.15, 0.2) is 52.7 Å². The van der Waals surface area contributed by atoms with E-state index in [4.69, 9.17) is 9.47 Å². The van der Waals surface area contributed by atoms with Gasteiger partial charge in [-0.1, -0.05) is 13.8 Å². The monoisotopic (exact) mass is 499 g/mol. The lowest BCUT2D eigenvalue weighted by Gasteiger charge is -2.34. The van der Waals surface area contributed by atoms with Crippen molar-refractivity contribution in [1.29, 1.82) is 0 Å². The van der Waals surface area contributed by atoms with Crippen LogP contribution in [0.2, 0.25) is 0 Å². The first-order valence-electron chi connectivity index (χ1n) is 11.1. The summed E-state index contributed by atoms with van der Waals surface area (Å²) in [5.74, 6) is 1.66. The SMILES string of the molecule is CC1CC(C)CN(S(=O)(=O)c2ccc(C(=O)Nc3nc(-c4ccc5c(c4)OCO5)cs3)cc2)C1. The summed E-state index contributed by atoms with van der Waals surface area (Å²) < 4.78 is 38.4. The Morgan fingerprint density at radius 3 is 2.50 bits per heavy atom. The Hall–Kier alpha value is -2.95. The smallest absolute Gasteiger partial charge is 0.257 e. The molecular formula is C24H25N3O5S2. The molecule has 0 radical (unpaired) electrons. The summed E-state index contributed by atoms with van der Waals surface area (Å²) in [7, 11) is -3.59. The van der Waals surface area contributed by atoms with Gasteiger partial charge < -0.3 is 9.47 Å². The maximum atomic E-state index is 13.1. The third-order valence-corrected chi connectivity index (χ3v) is 8.59. The number of ether oxygens (including phenoxy) is 2. The number of piperidine rings is 1. The van der Waals surface area contributed by atoms with Crippen molar-refractivity contribution < 1.29 is 22.7 Å². The molecule has 8 nitrogen and oxygen atoms in total. The first-order valence-corrected chi connectivity index (χ1v) is 13.4. The van der Waals surface area contributed by atoms with Crippen LogP contribution in [0.4, 0.5) is 5.13 Å². The number of sulfonamides is 1. The number of anilines is 1. The van der Waals surface area contributed by atoms with Crippen LogP contribution in [0, 0.1) is 11.8 Å². The van der Waals surface area contributed by atoms with Crippen LogP contribution in [0.5, 0.6) is 11.5 Å². The Labute approximate surface area is 202 Å². The van der Waals surface area contributed by atoms with Gasteiger partial charge in [0.2, 0.25) is 16.8 Å². The van der Waals surface area contributed by atoms with Crippen LogP contribution in [0.1, 0.15) is 30.6 Å². The Balaban J connectivity index is 1.27. The molecule has 0 bridgehead atoms. The number of amides is 1. The third-order valence-electron chi connectivity index (χ3n) is 5.98. The van der Waals surface area contributed by atoms with E-state index in [0.29, 0.717) is 52.8 Å². The molecule has 0 saturated carbocycles. The zero-order valence-electron chi connectivity index (χ0n) is 18.9. The molecule has 0 aliphatic carbocycles. The highest BCUT2D eigenvalue weighted by Gasteiger charge is 2.31. The number of aromatic nitrogens is 1. The van der Waals surface area contributed by atoms with Crippen molar-refractivity contribution in [3.8, 4) is 22.8 Å². The predicted octanol–water partition coefficient (Wildman–Crippen LogP) is 4.46. The lowest BCUT2D eigenvalue weighted by Crippen LogP contribution is -2.42. The molecule has 2 aliphatic rings. The Morgan fingerprint density at radius 1 is 1.06 bits per heavy atom. The van der Waals surface area contributed by atoms with Crippen molar-refractivity contribution >= 4 is 32.4 Å². The molecular weight excluding hydrogens is 474 g/mol. The minimum atomic E-state index is -3.59. The number of thiazole rings is 1. The van der Waals surface area contributed by atoms with E-state index in [2.05, 4.69) is 24.1 Å².